The van der Waals surface area contributed by atoms with Gasteiger partial charge >= 0.3 is 0 Å². The van der Waals surface area contributed by atoms with Gasteiger partial charge in [0.15, 0.2) is 5.13 Å². The summed E-state index contributed by atoms with van der Waals surface area (Å²) < 4.78 is 26.4. The molecule has 0 aliphatic rings. The van der Waals surface area contributed by atoms with Crippen molar-refractivity contribution in [3.05, 3.63) is 16.8 Å². The number of aryl methyl sites for hydroxylation is 2. The van der Waals surface area contributed by atoms with E-state index in [1.807, 2.05) is 13.8 Å². The van der Waals surface area contributed by atoms with E-state index in [0.29, 0.717) is 5.13 Å². The van der Waals surface area contributed by atoms with E-state index in [-0.39, 0.29) is 10.7 Å². The molecule has 4 N–H and O–H groups in total. The standard InChI is InChI=1S/C9H13N5O2S2/c1-3-6-5(2)17-9(12-6)14-18(15,16)7-4-11-13-8(7)10/h4H,3H2,1-2H3,(H,12,14)(H3,10,11,13). The van der Waals surface area contributed by atoms with Crippen LogP contribution in [0.2, 0.25) is 0 Å². The van der Waals surface area contributed by atoms with Crippen LogP contribution in [-0.2, 0) is 16.4 Å². The molecule has 18 heavy (non-hydrogen) atoms. The molecule has 2 rings (SSSR count). The van der Waals surface area contributed by atoms with Crippen molar-refractivity contribution in [1.29, 1.82) is 0 Å². The first-order valence-corrected chi connectivity index (χ1v) is 7.52. The van der Waals surface area contributed by atoms with Gasteiger partial charge in [-0.3, -0.25) is 9.82 Å². The van der Waals surface area contributed by atoms with Crippen LogP contribution in [0.4, 0.5) is 10.9 Å². The quantitative estimate of drug-likeness (QED) is 0.779. The van der Waals surface area contributed by atoms with Crippen LogP contribution in [0.25, 0.3) is 0 Å². The first-order chi connectivity index (χ1) is 8.44. The maximum absolute atomic E-state index is 12.0. The summed E-state index contributed by atoms with van der Waals surface area (Å²) in [5, 5.41) is 6.30. The summed E-state index contributed by atoms with van der Waals surface area (Å²) in [5.41, 5.74) is 6.37. The first-order valence-electron chi connectivity index (χ1n) is 5.22. The highest BCUT2D eigenvalue weighted by atomic mass is 32.2. The fourth-order valence-corrected chi connectivity index (χ4v) is 3.63. The van der Waals surface area contributed by atoms with Gasteiger partial charge < -0.3 is 5.73 Å². The lowest BCUT2D eigenvalue weighted by molar-refractivity contribution is 0.601. The zero-order valence-electron chi connectivity index (χ0n) is 9.89. The number of nitrogens with one attached hydrogen (secondary N) is 2. The number of nitrogens with zero attached hydrogens (tertiary/aromatic N) is 2. The fraction of sp³-hybridized carbons (Fsp3) is 0.333. The first kappa shape index (κ1) is 12.8. The second-order valence-corrected chi connectivity index (χ2v) is 6.48. The van der Waals surface area contributed by atoms with Crippen LogP contribution < -0.4 is 10.5 Å². The Hall–Kier alpha value is -1.61. The number of H-pyrrole nitrogens is 1. The minimum Gasteiger partial charge on any atom is -0.383 e. The molecule has 0 saturated heterocycles. The zero-order valence-corrected chi connectivity index (χ0v) is 11.5. The van der Waals surface area contributed by atoms with E-state index in [9.17, 15) is 8.42 Å². The molecule has 0 fully saturated rings. The van der Waals surface area contributed by atoms with Crippen LogP contribution in [-0.4, -0.2) is 23.6 Å². The van der Waals surface area contributed by atoms with E-state index in [2.05, 4.69) is 19.9 Å². The number of aromatic nitrogens is 3. The molecule has 9 heteroatoms. The van der Waals surface area contributed by atoms with Gasteiger partial charge in [0, 0.05) is 4.88 Å². The van der Waals surface area contributed by atoms with Gasteiger partial charge in [0.1, 0.15) is 10.7 Å². The van der Waals surface area contributed by atoms with Crippen molar-refractivity contribution < 1.29 is 8.42 Å². The molecule has 0 aromatic carbocycles. The Morgan fingerprint density at radius 1 is 1.56 bits per heavy atom. The molecule has 0 aliphatic carbocycles. The topological polar surface area (TPSA) is 114 Å². The fourth-order valence-electron chi connectivity index (χ4n) is 1.47. The van der Waals surface area contributed by atoms with E-state index in [0.717, 1.165) is 17.0 Å². The van der Waals surface area contributed by atoms with E-state index in [1.165, 1.54) is 17.5 Å². The molecule has 0 bridgehead atoms. The second kappa shape index (κ2) is 4.58. The molecule has 98 valence electrons. The lowest BCUT2D eigenvalue weighted by Crippen LogP contribution is -2.13. The largest absolute Gasteiger partial charge is 0.383 e. The maximum Gasteiger partial charge on any atom is 0.268 e. The highest BCUT2D eigenvalue weighted by Gasteiger charge is 2.21. The zero-order chi connectivity index (χ0) is 13.3. The minimum atomic E-state index is -3.73. The highest BCUT2D eigenvalue weighted by Crippen LogP contribution is 2.25. The van der Waals surface area contributed by atoms with Crippen molar-refractivity contribution in [3.8, 4) is 0 Å². The Morgan fingerprint density at radius 2 is 2.28 bits per heavy atom. The smallest absolute Gasteiger partial charge is 0.268 e. The molecule has 0 atom stereocenters. The number of hydrogen-bond acceptors (Lipinski definition) is 6. The summed E-state index contributed by atoms with van der Waals surface area (Å²) in [7, 11) is -3.73. The average Bonchev–Trinajstić information content (AvgIpc) is 2.84. The number of aromatic amines is 1. The predicted molar refractivity (Wildman–Crippen MR) is 70.0 cm³/mol. The van der Waals surface area contributed by atoms with Crippen LogP contribution in [0, 0.1) is 6.92 Å². The molecule has 2 heterocycles. The Morgan fingerprint density at radius 3 is 2.78 bits per heavy atom. The molecule has 0 aliphatic heterocycles. The molecule has 0 spiro atoms. The summed E-state index contributed by atoms with van der Waals surface area (Å²) in [5.74, 6) is 0.00601. The van der Waals surface area contributed by atoms with E-state index >= 15 is 0 Å². The van der Waals surface area contributed by atoms with Crippen molar-refractivity contribution in [2.75, 3.05) is 10.5 Å². The summed E-state index contributed by atoms with van der Waals surface area (Å²) in [6.07, 6.45) is 1.93. The molecular formula is C9H13N5O2S2. The Kier molecular flexibility index (Phi) is 3.26. The maximum atomic E-state index is 12.0. The van der Waals surface area contributed by atoms with Crippen LogP contribution >= 0.6 is 11.3 Å². The SMILES string of the molecule is CCc1nc(NS(=O)(=O)c2cn[nH]c2N)sc1C. The number of anilines is 2. The molecule has 7 nitrogen and oxygen atoms in total. The number of sulfonamides is 1. The van der Waals surface area contributed by atoms with Crippen LogP contribution in [0.5, 0.6) is 0 Å². The van der Waals surface area contributed by atoms with Gasteiger partial charge in [0.25, 0.3) is 10.0 Å². The van der Waals surface area contributed by atoms with Crippen molar-refractivity contribution in [2.45, 2.75) is 25.2 Å². The van der Waals surface area contributed by atoms with Crippen molar-refractivity contribution in [2.24, 2.45) is 0 Å². The lowest BCUT2D eigenvalue weighted by atomic mass is 10.3. The van der Waals surface area contributed by atoms with Gasteiger partial charge in [-0.1, -0.05) is 6.92 Å². The molecule has 0 unspecified atom stereocenters. The third-order valence-corrected chi connectivity index (χ3v) is 4.80. The van der Waals surface area contributed by atoms with Crippen molar-refractivity contribution in [3.63, 3.8) is 0 Å². The summed E-state index contributed by atoms with van der Waals surface area (Å²) in [4.78, 5) is 5.13. The van der Waals surface area contributed by atoms with E-state index in [1.54, 1.807) is 0 Å². The molecular weight excluding hydrogens is 274 g/mol. The summed E-state index contributed by atoms with van der Waals surface area (Å²) in [6, 6.07) is 0. The number of hydrogen-bond donors (Lipinski definition) is 3. The molecule has 2 aromatic rings. The normalized spacial score (nSPS) is 11.7. The molecule has 0 radical (unpaired) electrons. The molecule has 0 amide bonds. The van der Waals surface area contributed by atoms with Gasteiger partial charge in [-0.25, -0.2) is 13.4 Å². The third-order valence-electron chi connectivity index (χ3n) is 2.37. The van der Waals surface area contributed by atoms with Crippen LogP contribution in [0.1, 0.15) is 17.5 Å². The van der Waals surface area contributed by atoms with Crippen LogP contribution in [0.3, 0.4) is 0 Å². The second-order valence-electron chi connectivity index (χ2n) is 3.63. The number of thiazole rings is 1. The number of rotatable bonds is 4. The van der Waals surface area contributed by atoms with Crippen LogP contribution in [0.15, 0.2) is 11.1 Å². The Balaban J connectivity index is 2.31. The average molecular weight is 287 g/mol. The highest BCUT2D eigenvalue weighted by molar-refractivity contribution is 7.93. The van der Waals surface area contributed by atoms with Gasteiger partial charge in [0.2, 0.25) is 0 Å². The van der Waals surface area contributed by atoms with Crippen molar-refractivity contribution >= 4 is 32.3 Å². The number of nitrogens with two attached hydrogens (primary N) is 1. The van der Waals surface area contributed by atoms with Gasteiger partial charge in [-0.05, 0) is 13.3 Å². The Labute approximate surface area is 108 Å². The van der Waals surface area contributed by atoms with E-state index in [4.69, 9.17) is 5.73 Å². The number of nitrogen functional groups attached to an aromatic ring is 1. The van der Waals surface area contributed by atoms with Gasteiger partial charge in [-0.15, -0.1) is 11.3 Å². The molecule has 2 aromatic heterocycles. The predicted octanol–water partition coefficient (Wildman–Crippen LogP) is 1.12. The molecule has 0 saturated carbocycles. The lowest BCUT2D eigenvalue weighted by Gasteiger charge is -2.02. The van der Waals surface area contributed by atoms with Crippen molar-refractivity contribution in [1.82, 2.24) is 15.2 Å². The van der Waals surface area contributed by atoms with E-state index < -0.39 is 10.0 Å². The summed E-state index contributed by atoms with van der Waals surface area (Å²) in [6.45, 7) is 3.87. The van der Waals surface area contributed by atoms with Gasteiger partial charge in [-0.2, -0.15) is 5.10 Å². The Bertz CT molecular complexity index is 658. The minimum absolute atomic E-state index is 0.00601. The van der Waals surface area contributed by atoms with Gasteiger partial charge in [0.05, 0.1) is 11.9 Å². The third kappa shape index (κ3) is 2.31. The monoisotopic (exact) mass is 287 g/mol. The summed E-state index contributed by atoms with van der Waals surface area (Å²) >= 11 is 1.30.